The third-order valence-electron chi connectivity index (χ3n) is 14.0. The van der Waals surface area contributed by atoms with Crippen molar-refractivity contribution in [2.45, 2.75) is 0 Å². The van der Waals surface area contributed by atoms with Crippen molar-refractivity contribution in [1.29, 1.82) is 0 Å². The molecule has 2 radical (unpaired) electrons. The highest BCUT2D eigenvalue weighted by molar-refractivity contribution is 6.67. The standard InChI is InChI=1S/C64H40N2Si/c1-2-19-45(20-3-1)67-46-34-35-56-58(40-46)63(54-28-8-9-29-55(54)64(56)57-38-41-18-4-5-21-47(41)48-22-6-7-23-49(48)57)42-36-43(65-59-30-14-10-24-50(59)51-25-11-15-31-60(51)65)39-44(37-42)66-61-32-16-12-26-52(61)53-27-13-17-33-62(53)66/h1-40H. The second-order valence-corrected chi connectivity index (χ2v) is 19.1. The van der Waals surface area contributed by atoms with Crippen LogP contribution in [-0.4, -0.2) is 18.7 Å². The molecule has 14 aromatic rings. The van der Waals surface area contributed by atoms with E-state index in [1.165, 1.54) is 119 Å². The summed E-state index contributed by atoms with van der Waals surface area (Å²) in [5.41, 5.74) is 11.9. The Hall–Kier alpha value is -8.50. The maximum absolute atomic E-state index is 2.50. The third-order valence-corrected chi connectivity index (χ3v) is 15.2. The van der Waals surface area contributed by atoms with Crippen LogP contribution in [0.15, 0.2) is 243 Å². The van der Waals surface area contributed by atoms with E-state index < -0.39 is 0 Å². The molecule has 0 aliphatic heterocycles. The zero-order valence-electron chi connectivity index (χ0n) is 36.5. The molecule has 67 heavy (non-hydrogen) atoms. The van der Waals surface area contributed by atoms with Gasteiger partial charge in [-0.2, -0.15) is 0 Å². The Morgan fingerprint density at radius 1 is 0.254 bits per heavy atom. The van der Waals surface area contributed by atoms with Gasteiger partial charge in [-0.15, -0.1) is 0 Å². The van der Waals surface area contributed by atoms with Gasteiger partial charge in [0.25, 0.3) is 0 Å². The molecule has 2 heterocycles. The van der Waals surface area contributed by atoms with Crippen LogP contribution >= 0.6 is 0 Å². The second kappa shape index (κ2) is 15.0. The third kappa shape index (κ3) is 5.88. The van der Waals surface area contributed by atoms with Crippen molar-refractivity contribution >= 4 is 107 Å². The topological polar surface area (TPSA) is 9.86 Å². The second-order valence-electron chi connectivity index (χ2n) is 17.7. The molecule has 0 N–H and O–H groups in total. The summed E-state index contributed by atoms with van der Waals surface area (Å²) in [7, 11) is 0.512. The summed E-state index contributed by atoms with van der Waals surface area (Å²) in [6.45, 7) is 0. The summed E-state index contributed by atoms with van der Waals surface area (Å²) >= 11 is 0. The fourth-order valence-electron chi connectivity index (χ4n) is 11.2. The Labute approximate surface area is 390 Å². The molecule has 0 aliphatic rings. The van der Waals surface area contributed by atoms with Crippen LogP contribution in [0.3, 0.4) is 0 Å². The van der Waals surface area contributed by atoms with Crippen LogP contribution in [0.25, 0.3) is 120 Å². The van der Waals surface area contributed by atoms with Gasteiger partial charge in [0.15, 0.2) is 0 Å². The van der Waals surface area contributed by atoms with Crippen LogP contribution in [0.1, 0.15) is 0 Å². The Balaban J connectivity index is 1.14. The molecular weight excluding hydrogens is 825 g/mol. The average Bonchev–Trinajstić information content (AvgIpc) is 3.91. The molecule has 0 aliphatic carbocycles. The molecule has 310 valence electrons. The van der Waals surface area contributed by atoms with Crippen molar-refractivity contribution in [2.24, 2.45) is 0 Å². The molecule has 12 aromatic carbocycles. The Morgan fingerprint density at radius 3 is 1.25 bits per heavy atom. The summed E-state index contributed by atoms with van der Waals surface area (Å²) in [5.74, 6) is 0. The van der Waals surface area contributed by atoms with Gasteiger partial charge >= 0.3 is 0 Å². The van der Waals surface area contributed by atoms with E-state index in [4.69, 9.17) is 0 Å². The van der Waals surface area contributed by atoms with E-state index >= 15 is 0 Å². The van der Waals surface area contributed by atoms with E-state index in [9.17, 15) is 0 Å². The Bertz CT molecular complexity index is 4070. The fraction of sp³-hybridized carbons (Fsp3) is 0. The van der Waals surface area contributed by atoms with Crippen LogP contribution in [-0.2, 0) is 0 Å². The zero-order chi connectivity index (χ0) is 44.0. The van der Waals surface area contributed by atoms with Gasteiger partial charge in [0.1, 0.15) is 9.52 Å². The van der Waals surface area contributed by atoms with Gasteiger partial charge in [-0.1, -0.05) is 204 Å². The SMILES string of the molecule is c1ccc([Si]c2ccc3c(-c4cc5ccccc5c5ccccc45)c4ccccc4c(-c4cc(-n5c6ccccc6c6ccccc65)cc(-n5c6ccccc6c6ccccc65)c4)c3c2)cc1. The predicted molar refractivity (Wildman–Crippen MR) is 287 cm³/mol. The summed E-state index contributed by atoms with van der Waals surface area (Å²) in [4.78, 5) is 0. The van der Waals surface area contributed by atoms with Crippen molar-refractivity contribution < 1.29 is 0 Å². The van der Waals surface area contributed by atoms with E-state index in [1.54, 1.807) is 0 Å². The maximum atomic E-state index is 2.50. The molecule has 2 aromatic heterocycles. The Morgan fingerprint density at radius 2 is 0.687 bits per heavy atom. The highest BCUT2D eigenvalue weighted by atomic mass is 28.2. The van der Waals surface area contributed by atoms with Crippen molar-refractivity contribution in [3.05, 3.63) is 243 Å². The minimum atomic E-state index is 0.512. The first-order chi connectivity index (χ1) is 33.2. The number of rotatable bonds is 6. The quantitative estimate of drug-likeness (QED) is 0.0895. The summed E-state index contributed by atoms with van der Waals surface area (Å²) in [6, 6.07) is 90.3. The summed E-state index contributed by atoms with van der Waals surface area (Å²) in [5, 5.41) is 17.6. The highest BCUT2D eigenvalue weighted by Crippen LogP contribution is 2.48. The average molecular weight is 865 g/mol. The van der Waals surface area contributed by atoms with Gasteiger partial charge in [0.2, 0.25) is 0 Å². The van der Waals surface area contributed by atoms with E-state index in [1.807, 2.05) is 0 Å². The lowest BCUT2D eigenvalue weighted by molar-refractivity contribution is 1.14. The first-order valence-electron chi connectivity index (χ1n) is 23.1. The number of aromatic nitrogens is 2. The molecule has 0 atom stereocenters. The molecular formula is C64H40N2Si. The van der Waals surface area contributed by atoms with Crippen LogP contribution in [0.2, 0.25) is 0 Å². The van der Waals surface area contributed by atoms with Crippen LogP contribution in [0.4, 0.5) is 0 Å². The minimum Gasteiger partial charge on any atom is -0.309 e. The predicted octanol–water partition coefficient (Wildman–Crippen LogP) is 15.5. The van der Waals surface area contributed by atoms with Crippen molar-refractivity contribution in [1.82, 2.24) is 9.13 Å². The maximum Gasteiger partial charge on any atom is 0.121 e. The lowest BCUT2D eigenvalue weighted by Crippen LogP contribution is -2.26. The first kappa shape index (κ1) is 37.8. The molecule has 0 unspecified atom stereocenters. The number of para-hydroxylation sites is 4. The van der Waals surface area contributed by atoms with E-state index in [-0.39, 0.29) is 0 Å². The van der Waals surface area contributed by atoms with Gasteiger partial charge in [-0.05, 0) is 114 Å². The summed E-state index contributed by atoms with van der Waals surface area (Å²) < 4.78 is 4.96. The molecule has 0 bridgehead atoms. The van der Waals surface area contributed by atoms with E-state index in [0.29, 0.717) is 9.52 Å². The molecule has 14 rings (SSSR count). The Kier molecular flexibility index (Phi) is 8.49. The smallest absolute Gasteiger partial charge is 0.121 e. The van der Waals surface area contributed by atoms with Gasteiger partial charge in [-0.25, -0.2) is 0 Å². The number of nitrogens with zero attached hydrogens (tertiary/aromatic N) is 2. The van der Waals surface area contributed by atoms with Crippen LogP contribution < -0.4 is 10.4 Å². The van der Waals surface area contributed by atoms with Gasteiger partial charge in [0.05, 0.1) is 22.1 Å². The lowest BCUT2D eigenvalue weighted by Gasteiger charge is -2.22. The highest BCUT2D eigenvalue weighted by Gasteiger charge is 2.23. The normalized spacial score (nSPS) is 11.9. The van der Waals surface area contributed by atoms with Gasteiger partial charge in [0, 0.05) is 32.9 Å². The monoisotopic (exact) mass is 864 g/mol. The number of hydrogen-bond acceptors (Lipinski definition) is 0. The van der Waals surface area contributed by atoms with Gasteiger partial charge in [-0.3, -0.25) is 0 Å². The van der Waals surface area contributed by atoms with Crippen LogP contribution in [0, 0.1) is 0 Å². The number of hydrogen-bond donors (Lipinski definition) is 0. The van der Waals surface area contributed by atoms with E-state index in [0.717, 1.165) is 11.4 Å². The van der Waals surface area contributed by atoms with Gasteiger partial charge < -0.3 is 9.13 Å². The lowest BCUT2D eigenvalue weighted by atomic mass is 9.83. The largest absolute Gasteiger partial charge is 0.309 e. The van der Waals surface area contributed by atoms with Crippen molar-refractivity contribution in [3.63, 3.8) is 0 Å². The molecule has 0 fully saturated rings. The summed E-state index contributed by atoms with van der Waals surface area (Å²) in [6.07, 6.45) is 0. The number of benzene rings is 12. The van der Waals surface area contributed by atoms with Crippen LogP contribution in [0.5, 0.6) is 0 Å². The molecule has 3 heteroatoms. The van der Waals surface area contributed by atoms with Crippen molar-refractivity contribution in [3.8, 4) is 33.6 Å². The molecule has 0 saturated heterocycles. The minimum absolute atomic E-state index is 0.512. The number of fused-ring (bicyclic) bond motifs is 11. The molecule has 0 spiro atoms. The molecule has 2 nitrogen and oxygen atoms in total. The fourth-order valence-corrected chi connectivity index (χ4v) is 12.3. The van der Waals surface area contributed by atoms with E-state index in [2.05, 4.69) is 252 Å². The first-order valence-corrected chi connectivity index (χ1v) is 24.1. The molecule has 0 saturated carbocycles. The zero-order valence-corrected chi connectivity index (χ0v) is 37.5. The van der Waals surface area contributed by atoms with Crippen molar-refractivity contribution in [2.75, 3.05) is 0 Å². The molecule has 0 amide bonds.